The Balaban J connectivity index is 2.29. The van der Waals surface area contributed by atoms with E-state index in [1.54, 1.807) is 0 Å². The van der Waals surface area contributed by atoms with Crippen LogP contribution in [0.3, 0.4) is 0 Å². The molecule has 0 radical (unpaired) electrons. The van der Waals surface area contributed by atoms with Gasteiger partial charge >= 0.3 is 0 Å². The van der Waals surface area contributed by atoms with E-state index in [-0.39, 0.29) is 4.51 Å². The molecule has 1 nitrogen and oxygen atoms in total. The normalized spacial score (nSPS) is 27.8. The molecule has 12 heavy (non-hydrogen) atoms. The molecule has 1 aliphatic carbocycles. The maximum Gasteiger partial charge on any atom is 0.144 e. The van der Waals surface area contributed by atoms with Crippen molar-refractivity contribution in [3.63, 3.8) is 0 Å². The lowest BCUT2D eigenvalue weighted by Gasteiger charge is -2.24. The first-order valence-electron chi connectivity index (χ1n) is 4.44. The fourth-order valence-corrected chi connectivity index (χ4v) is 1.57. The van der Waals surface area contributed by atoms with Crippen molar-refractivity contribution >= 4 is 15.9 Å². The first-order valence-corrected chi connectivity index (χ1v) is 5.23. The zero-order chi connectivity index (χ0) is 8.86. The number of rotatable bonds is 4. The Kier molecular flexibility index (Phi) is 4.02. The minimum atomic E-state index is -0.225. The summed E-state index contributed by atoms with van der Waals surface area (Å²) in [6, 6.07) is 0. The monoisotopic (exact) mass is 230 g/mol. The second-order valence-corrected chi connectivity index (χ2v) is 4.32. The van der Waals surface area contributed by atoms with Gasteiger partial charge in [0.2, 0.25) is 0 Å². The van der Waals surface area contributed by atoms with Crippen LogP contribution in [0, 0.1) is 0 Å². The Labute approximate surface area is 82.6 Å². The highest BCUT2D eigenvalue weighted by atomic mass is 79.9. The fraction of sp³-hybridized carbons (Fsp3) is 0.600. The van der Waals surface area contributed by atoms with Gasteiger partial charge in [-0.05, 0) is 28.4 Å². The van der Waals surface area contributed by atoms with E-state index < -0.39 is 0 Å². The van der Waals surface area contributed by atoms with Gasteiger partial charge in [-0.2, -0.15) is 0 Å². The van der Waals surface area contributed by atoms with Crippen LogP contribution in [0.4, 0.5) is 0 Å². The molecule has 0 fully saturated rings. The fourth-order valence-electron chi connectivity index (χ4n) is 1.07. The predicted octanol–water partition coefficient (Wildman–Crippen LogP) is 3.41. The van der Waals surface area contributed by atoms with Crippen molar-refractivity contribution in [1.82, 2.24) is 0 Å². The molecule has 0 N–H and O–H groups in total. The van der Waals surface area contributed by atoms with Crippen LogP contribution in [0.2, 0.25) is 0 Å². The molecule has 1 unspecified atom stereocenters. The Morgan fingerprint density at radius 2 is 2.33 bits per heavy atom. The summed E-state index contributed by atoms with van der Waals surface area (Å²) in [4.78, 5) is 0. The smallest absolute Gasteiger partial charge is 0.144 e. The summed E-state index contributed by atoms with van der Waals surface area (Å²) >= 11 is 3.57. The van der Waals surface area contributed by atoms with Crippen LogP contribution in [0.25, 0.3) is 0 Å². The van der Waals surface area contributed by atoms with Crippen molar-refractivity contribution in [2.75, 3.05) is 6.61 Å². The number of allylic oxidation sites excluding steroid dienone is 2. The van der Waals surface area contributed by atoms with Crippen LogP contribution in [0.15, 0.2) is 24.3 Å². The molecule has 1 atom stereocenters. The minimum Gasteiger partial charge on any atom is -0.360 e. The van der Waals surface area contributed by atoms with Crippen molar-refractivity contribution in [2.24, 2.45) is 0 Å². The van der Waals surface area contributed by atoms with E-state index in [2.05, 4.69) is 35.0 Å². The van der Waals surface area contributed by atoms with Gasteiger partial charge in [0, 0.05) is 13.0 Å². The standard InChI is InChI=1S/C10H15BrO/c1-2-3-9-12-10(11)7-5-4-6-8-10/h4-7H,2-3,8-9H2,1H3. The van der Waals surface area contributed by atoms with Gasteiger partial charge in [0.25, 0.3) is 0 Å². The lowest BCUT2D eigenvalue weighted by atomic mass is 10.1. The quantitative estimate of drug-likeness (QED) is 0.532. The lowest BCUT2D eigenvalue weighted by molar-refractivity contribution is 0.0642. The van der Waals surface area contributed by atoms with Gasteiger partial charge < -0.3 is 4.74 Å². The van der Waals surface area contributed by atoms with Crippen LogP contribution in [0.1, 0.15) is 26.2 Å². The molecule has 0 aliphatic heterocycles. The first kappa shape index (κ1) is 10.0. The van der Waals surface area contributed by atoms with Crippen LogP contribution < -0.4 is 0 Å². The summed E-state index contributed by atoms with van der Waals surface area (Å²) in [5.74, 6) is 0. The van der Waals surface area contributed by atoms with Crippen molar-refractivity contribution in [2.45, 2.75) is 30.7 Å². The summed E-state index contributed by atoms with van der Waals surface area (Å²) < 4.78 is 5.46. The third-order valence-electron chi connectivity index (χ3n) is 1.83. The molecule has 1 rings (SSSR count). The third kappa shape index (κ3) is 3.11. The molecular weight excluding hydrogens is 216 g/mol. The van der Waals surface area contributed by atoms with E-state index in [0.717, 1.165) is 19.4 Å². The largest absolute Gasteiger partial charge is 0.360 e. The van der Waals surface area contributed by atoms with E-state index in [1.807, 2.05) is 12.2 Å². The minimum absolute atomic E-state index is 0.225. The predicted molar refractivity (Wildman–Crippen MR) is 55.4 cm³/mol. The Morgan fingerprint density at radius 1 is 1.50 bits per heavy atom. The molecular formula is C10H15BrO. The summed E-state index contributed by atoms with van der Waals surface area (Å²) in [7, 11) is 0. The third-order valence-corrected chi connectivity index (χ3v) is 2.65. The van der Waals surface area contributed by atoms with E-state index in [9.17, 15) is 0 Å². The summed E-state index contributed by atoms with van der Waals surface area (Å²) in [5.41, 5.74) is 0. The number of hydrogen-bond donors (Lipinski definition) is 0. The first-order chi connectivity index (χ1) is 5.77. The number of unbranched alkanes of at least 4 members (excludes halogenated alkanes) is 1. The van der Waals surface area contributed by atoms with Crippen LogP contribution in [-0.4, -0.2) is 11.1 Å². The van der Waals surface area contributed by atoms with Gasteiger partial charge in [-0.1, -0.05) is 31.6 Å². The van der Waals surface area contributed by atoms with Crippen LogP contribution in [0.5, 0.6) is 0 Å². The van der Waals surface area contributed by atoms with Crippen molar-refractivity contribution in [3.8, 4) is 0 Å². The zero-order valence-corrected chi connectivity index (χ0v) is 9.01. The SMILES string of the molecule is CCCCOC1(Br)C=CC=CC1. The molecule has 0 spiro atoms. The average Bonchev–Trinajstić information content (AvgIpc) is 2.06. The maximum absolute atomic E-state index is 5.69. The molecule has 0 aromatic rings. The summed E-state index contributed by atoms with van der Waals surface area (Å²) in [6.07, 6.45) is 11.5. The maximum atomic E-state index is 5.69. The van der Waals surface area contributed by atoms with Gasteiger partial charge in [0.15, 0.2) is 0 Å². The number of ether oxygens (including phenoxy) is 1. The van der Waals surface area contributed by atoms with Crippen molar-refractivity contribution in [1.29, 1.82) is 0 Å². The van der Waals surface area contributed by atoms with Gasteiger partial charge in [-0.25, -0.2) is 0 Å². The molecule has 0 aromatic heterocycles. The molecule has 0 saturated heterocycles. The zero-order valence-electron chi connectivity index (χ0n) is 7.42. The van der Waals surface area contributed by atoms with Gasteiger partial charge in [-0.15, -0.1) is 0 Å². The van der Waals surface area contributed by atoms with Crippen LogP contribution >= 0.6 is 15.9 Å². The summed E-state index contributed by atoms with van der Waals surface area (Å²) in [5, 5.41) is 0. The van der Waals surface area contributed by atoms with Crippen LogP contribution in [-0.2, 0) is 4.74 Å². The summed E-state index contributed by atoms with van der Waals surface area (Å²) in [6.45, 7) is 3.00. The molecule has 0 bridgehead atoms. The highest BCUT2D eigenvalue weighted by Gasteiger charge is 2.22. The van der Waals surface area contributed by atoms with Gasteiger partial charge in [0.1, 0.15) is 4.51 Å². The highest BCUT2D eigenvalue weighted by molar-refractivity contribution is 9.10. The second kappa shape index (κ2) is 4.83. The number of alkyl halides is 1. The molecule has 68 valence electrons. The lowest BCUT2D eigenvalue weighted by Crippen LogP contribution is -2.23. The van der Waals surface area contributed by atoms with E-state index in [4.69, 9.17) is 4.74 Å². The molecule has 1 aliphatic rings. The Morgan fingerprint density at radius 3 is 2.92 bits per heavy atom. The Hall–Kier alpha value is -0.0800. The second-order valence-electron chi connectivity index (χ2n) is 2.98. The molecule has 0 aromatic carbocycles. The highest BCUT2D eigenvalue weighted by Crippen LogP contribution is 2.29. The van der Waals surface area contributed by atoms with Gasteiger partial charge in [-0.3, -0.25) is 0 Å². The number of halogens is 1. The van der Waals surface area contributed by atoms with Gasteiger partial charge in [0.05, 0.1) is 0 Å². The van der Waals surface area contributed by atoms with Crippen molar-refractivity contribution < 1.29 is 4.74 Å². The average molecular weight is 231 g/mol. The molecule has 0 heterocycles. The van der Waals surface area contributed by atoms with Crippen molar-refractivity contribution in [3.05, 3.63) is 24.3 Å². The molecule has 2 heteroatoms. The molecule has 0 amide bonds. The topological polar surface area (TPSA) is 9.23 Å². The van der Waals surface area contributed by atoms with E-state index in [0.29, 0.717) is 0 Å². The molecule has 0 saturated carbocycles. The van der Waals surface area contributed by atoms with E-state index >= 15 is 0 Å². The number of hydrogen-bond acceptors (Lipinski definition) is 1. The van der Waals surface area contributed by atoms with E-state index in [1.165, 1.54) is 6.42 Å². The Bertz CT molecular complexity index is 186.